The summed E-state index contributed by atoms with van der Waals surface area (Å²) in [4.78, 5) is 36.0. The molecule has 1 fully saturated rings. The Balaban J connectivity index is 1.32. The van der Waals surface area contributed by atoms with Gasteiger partial charge in [-0.25, -0.2) is 32.8 Å². The van der Waals surface area contributed by atoms with E-state index in [4.69, 9.17) is 0 Å². The Hall–Kier alpha value is -4.42. The van der Waals surface area contributed by atoms with E-state index in [2.05, 4.69) is 27.0 Å². The maximum Gasteiger partial charge on any atom is 0.267 e. The molecule has 5 rings (SSSR count). The van der Waals surface area contributed by atoms with Crippen LogP contribution in [0.1, 0.15) is 18.1 Å². The summed E-state index contributed by atoms with van der Waals surface area (Å²) in [6.07, 6.45) is 3.38. The molecule has 0 radical (unpaired) electrons. The zero-order valence-corrected chi connectivity index (χ0v) is 22.6. The molecule has 4 aromatic rings. The van der Waals surface area contributed by atoms with Crippen molar-refractivity contribution in [3.8, 4) is 22.6 Å². The third kappa shape index (κ3) is 6.50. The van der Waals surface area contributed by atoms with Gasteiger partial charge < -0.3 is 4.90 Å². The molecular formula is C29H28F3N7O2. The number of halogens is 3. The Morgan fingerprint density at radius 3 is 2.24 bits per heavy atom. The smallest absolute Gasteiger partial charge is 0.267 e. The minimum absolute atomic E-state index is 0.00773. The lowest BCUT2D eigenvalue weighted by Crippen LogP contribution is -2.53. The summed E-state index contributed by atoms with van der Waals surface area (Å²) in [5.41, 5.74) is 1.93. The van der Waals surface area contributed by atoms with E-state index in [1.54, 1.807) is 36.5 Å². The van der Waals surface area contributed by atoms with Crippen LogP contribution in [-0.2, 0) is 17.9 Å². The first-order chi connectivity index (χ1) is 19.7. The first-order valence-electron chi connectivity index (χ1n) is 13.0. The van der Waals surface area contributed by atoms with E-state index in [0.29, 0.717) is 17.9 Å². The highest BCUT2D eigenvalue weighted by Crippen LogP contribution is 2.22. The Bertz CT molecular complexity index is 1600. The Morgan fingerprint density at radius 2 is 1.59 bits per heavy atom. The van der Waals surface area contributed by atoms with Crippen LogP contribution in [0.5, 0.6) is 0 Å². The van der Waals surface area contributed by atoms with E-state index in [9.17, 15) is 22.8 Å². The maximum absolute atomic E-state index is 13.7. The number of nitrogens with zero attached hydrogens (tertiary/aromatic N) is 7. The van der Waals surface area contributed by atoms with Gasteiger partial charge in [-0.1, -0.05) is 18.2 Å². The van der Waals surface area contributed by atoms with Gasteiger partial charge in [-0.05, 0) is 36.9 Å². The van der Waals surface area contributed by atoms with E-state index in [1.807, 2.05) is 17.1 Å². The van der Waals surface area contributed by atoms with Crippen molar-refractivity contribution in [2.24, 2.45) is 0 Å². The van der Waals surface area contributed by atoms with Crippen LogP contribution in [-0.4, -0.2) is 73.8 Å². The maximum atomic E-state index is 13.7. The van der Waals surface area contributed by atoms with Crippen molar-refractivity contribution in [1.82, 2.24) is 34.7 Å². The monoisotopic (exact) mass is 563 g/mol. The summed E-state index contributed by atoms with van der Waals surface area (Å²) < 4.78 is 42.0. The van der Waals surface area contributed by atoms with Crippen LogP contribution < -0.4 is 5.56 Å². The zero-order valence-electron chi connectivity index (χ0n) is 22.6. The van der Waals surface area contributed by atoms with Crippen LogP contribution in [0.2, 0.25) is 0 Å². The predicted molar refractivity (Wildman–Crippen MR) is 146 cm³/mol. The number of carbonyl (C=O) groups excluding carboxylic acids is 1. The SMILES string of the molecule is CC(=O)N(Cc1cnc(-c2cccc(Cn3nc(-c4cc(F)c(F)c(F)c4)ccc3=O)c2)nc1)N1CCN(C)CC1. The van der Waals surface area contributed by atoms with Crippen molar-refractivity contribution >= 4 is 5.91 Å². The van der Waals surface area contributed by atoms with Crippen molar-refractivity contribution < 1.29 is 18.0 Å². The van der Waals surface area contributed by atoms with Gasteiger partial charge in [0.25, 0.3) is 5.56 Å². The van der Waals surface area contributed by atoms with Gasteiger partial charge in [0.2, 0.25) is 5.91 Å². The second-order valence-electron chi connectivity index (χ2n) is 9.92. The highest BCUT2D eigenvalue weighted by atomic mass is 19.2. The van der Waals surface area contributed by atoms with Crippen LogP contribution in [0, 0.1) is 17.5 Å². The second-order valence-corrected chi connectivity index (χ2v) is 9.92. The van der Waals surface area contributed by atoms with E-state index < -0.39 is 23.0 Å². The van der Waals surface area contributed by atoms with Gasteiger partial charge in [0.15, 0.2) is 23.3 Å². The lowest BCUT2D eigenvalue weighted by atomic mass is 10.1. The number of carbonyl (C=O) groups is 1. The average molecular weight is 564 g/mol. The van der Waals surface area contributed by atoms with Crippen molar-refractivity contribution in [1.29, 1.82) is 0 Å². The van der Waals surface area contributed by atoms with Gasteiger partial charge in [-0.15, -0.1) is 0 Å². The minimum atomic E-state index is -1.57. The van der Waals surface area contributed by atoms with Gasteiger partial charge in [0.1, 0.15) is 0 Å². The number of piperazine rings is 1. The number of benzene rings is 2. The van der Waals surface area contributed by atoms with Gasteiger partial charge in [0.05, 0.1) is 18.8 Å². The Kier molecular flexibility index (Phi) is 8.22. The molecule has 1 saturated heterocycles. The quantitative estimate of drug-likeness (QED) is 0.319. The highest BCUT2D eigenvalue weighted by Gasteiger charge is 2.23. The fourth-order valence-corrected chi connectivity index (χ4v) is 4.61. The zero-order chi connectivity index (χ0) is 29.1. The predicted octanol–water partition coefficient (Wildman–Crippen LogP) is 3.34. The number of hydrogen-bond donors (Lipinski definition) is 0. The van der Waals surface area contributed by atoms with Crippen LogP contribution in [0.4, 0.5) is 13.2 Å². The average Bonchev–Trinajstić information content (AvgIpc) is 2.96. The molecule has 212 valence electrons. The van der Waals surface area contributed by atoms with Crippen molar-refractivity contribution in [2.75, 3.05) is 33.2 Å². The molecule has 1 aliphatic rings. The minimum Gasteiger partial charge on any atom is -0.304 e. The summed E-state index contributed by atoms with van der Waals surface area (Å²) in [6.45, 7) is 5.27. The van der Waals surface area contributed by atoms with E-state index in [0.717, 1.165) is 54.1 Å². The van der Waals surface area contributed by atoms with Crippen LogP contribution in [0.3, 0.4) is 0 Å². The molecule has 1 amide bonds. The van der Waals surface area contributed by atoms with E-state index in [1.165, 1.54) is 12.1 Å². The molecule has 2 aromatic heterocycles. The van der Waals surface area contributed by atoms with Gasteiger partial charge in [-0.2, -0.15) is 5.10 Å². The number of hydrogen-bond acceptors (Lipinski definition) is 7. The fourth-order valence-electron chi connectivity index (χ4n) is 4.61. The van der Waals surface area contributed by atoms with Crippen LogP contribution in [0.15, 0.2) is 65.7 Å². The van der Waals surface area contributed by atoms with Gasteiger partial charge >= 0.3 is 0 Å². The van der Waals surface area contributed by atoms with Gasteiger partial charge in [0, 0.05) is 68.3 Å². The fraction of sp³-hybridized carbons (Fsp3) is 0.276. The van der Waals surface area contributed by atoms with Crippen molar-refractivity contribution in [3.05, 3.63) is 99.9 Å². The molecule has 41 heavy (non-hydrogen) atoms. The molecule has 0 saturated carbocycles. The standard InChI is InChI=1S/C29H28F3N7O2/c1-19(40)39(37-10-8-36(2)9-11-37)18-21-15-33-29(34-16-21)22-5-3-4-20(12-22)17-38-27(41)7-6-26(35-38)23-13-24(30)28(32)25(31)14-23/h3-7,12-16H,8-11,17-18H2,1-2H3. The summed E-state index contributed by atoms with van der Waals surface area (Å²) >= 11 is 0. The van der Waals surface area contributed by atoms with E-state index >= 15 is 0 Å². The molecule has 0 unspecified atom stereocenters. The molecule has 0 N–H and O–H groups in total. The summed E-state index contributed by atoms with van der Waals surface area (Å²) in [7, 11) is 2.06. The topological polar surface area (TPSA) is 87.5 Å². The molecule has 0 aliphatic carbocycles. The molecular weight excluding hydrogens is 535 g/mol. The first kappa shape index (κ1) is 28.1. The number of rotatable bonds is 7. The summed E-state index contributed by atoms with van der Waals surface area (Å²) in [6, 6.07) is 11.5. The molecule has 0 bridgehead atoms. The molecule has 12 heteroatoms. The normalized spacial score (nSPS) is 14.3. The Labute approximate surface area is 234 Å². The molecule has 2 aromatic carbocycles. The van der Waals surface area contributed by atoms with Crippen molar-refractivity contribution in [2.45, 2.75) is 20.0 Å². The second kappa shape index (κ2) is 12.0. The number of aromatic nitrogens is 4. The highest BCUT2D eigenvalue weighted by molar-refractivity contribution is 5.72. The third-order valence-electron chi connectivity index (χ3n) is 6.89. The largest absolute Gasteiger partial charge is 0.304 e. The third-order valence-corrected chi connectivity index (χ3v) is 6.89. The van der Waals surface area contributed by atoms with Crippen LogP contribution >= 0.6 is 0 Å². The number of amides is 1. The molecule has 0 spiro atoms. The van der Waals surface area contributed by atoms with Gasteiger partial charge in [-0.3, -0.25) is 14.6 Å². The molecule has 9 nitrogen and oxygen atoms in total. The molecule has 3 heterocycles. The summed E-state index contributed by atoms with van der Waals surface area (Å²) in [5.74, 6) is -3.83. The molecule has 1 aliphatic heterocycles. The van der Waals surface area contributed by atoms with Crippen molar-refractivity contribution in [3.63, 3.8) is 0 Å². The first-order valence-corrected chi connectivity index (χ1v) is 13.0. The Morgan fingerprint density at radius 1 is 0.902 bits per heavy atom. The number of hydrazine groups is 1. The molecule has 0 atom stereocenters. The van der Waals surface area contributed by atoms with Crippen LogP contribution in [0.25, 0.3) is 22.6 Å². The lowest BCUT2D eigenvalue weighted by Gasteiger charge is -2.39. The van der Waals surface area contributed by atoms with E-state index in [-0.39, 0.29) is 23.7 Å². The number of likely N-dealkylation sites (N-methyl/N-ethyl adjacent to an activating group) is 1. The lowest BCUT2D eigenvalue weighted by molar-refractivity contribution is -0.151. The summed E-state index contributed by atoms with van der Waals surface area (Å²) in [5, 5.41) is 8.00.